The number of nitrogens with one attached hydrogen (secondary N) is 2. The van der Waals surface area contributed by atoms with Gasteiger partial charge in [0.2, 0.25) is 5.95 Å². The maximum Gasteiger partial charge on any atom is 0.288 e. The fourth-order valence-electron chi connectivity index (χ4n) is 3.43. The number of aromatic amines is 1. The third-order valence-electron chi connectivity index (χ3n) is 4.72. The van der Waals surface area contributed by atoms with E-state index in [0.717, 1.165) is 11.1 Å². The number of aromatic hydroxyl groups is 1. The number of fused-ring (bicyclic) bond motifs is 2. The Morgan fingerprint density at radius 1 is 1.07 bits per heavy atom. The number of nitrogens with zero attached hydrogens (tertiary/aromatic N) is 5. The summed E-state index contributed by atoms with van der Waals surface area (Å²) in [4.78, 5) is 12.5. The van der Waals surface area contributed by atoms with E-state index in [0.29, 0.717) is 22.9 Å². The van der Waals surface area contributed by atoms with Crippen molar-refractivity contribution in [1.82, 2.24) is 30.4 Å². The second kappa shape index (κ2) is 6.71. The van der Waals surface area contributed by atoms with Crippen LogP contribution in [-0.2, 0) is 0 Å². The number of tetrazole rings is 1. The zero-order chi connectivity index (χ0) is 19.8. The van der Waals surface area contributed by atoms with Crippen LogP contribution in [0.3, 0.4) is 0 Å². The number of benzene rings is 2. The van der Waals surface area contributed by atoms with Gasteiger partial charge in [-0.15, -0.1) is 0 Å². The van der Waals surface area contributed by atoms with E-state index in [1.165, 1.54) is 0 Å². The van der Waals surface area contributed by atoms with Gasteiger partial charge >= 0.3 is 0 Å². The lowest BCUT2D eigenvalue weighted by molar-refractivity contribution is 0.472. The zero-order valence-corrected chi connectivity index (χ0v) is 15.0. The van der Waals surface area contributed by atoms with E-state index in [1.54, 1.807) is 22.9 Å². The number of hydrogen-bond acceptors (Lipinski definition) is 7. The molecule has 2 aromatic carbocycles. The van der Waals surface area contributed by atoms with Crippen LogP contribution in [0.5, 0.6) is 5.75 Å². The Morgan fingerprint density at radius 3 is 2.76 bits per heavy atom. The third kappa shape index (κ3) is 2.94. The van der Waals surface area contributed by atoms with Gasteiger partial charge in [-0.1, -0.05) is 53.6 Å². The second-order valence-electron chi connectivity index (χ2n) is 6.54. The number of rotatable bonds is 3. The van der Waals surface area contributed by atoms with E-state index in [9.17, 15) is 9.90 Å². The minimum absolute atomic E-state index is 0.108. The molecule has 1 aliphatic rings. The number of hydrogen-bond donors (Lipinski definition) is 3. The van der Waals surface area contributed by atoms with Crippen molar-refractivity contribution in [3.05, 3.63) is 87.3 Å². The topological polar surface area (TPSA) is 122 Å². The van der Waals surface area contributed by atoms with Crippen LogP contribution in [-0.4, -0.2) is 35.5 Å². The molecule has 3 N–H and O–H groups in total. The summed E-state index contributed by atoms with van der Waals surface area (Å²) in [7, 11) is 0. The van der Waals surface area contributed by atoms with Crippen molar-refractivity contribution in [1.29, 1.82) is 0 Å². The number of phenolic OH excluding ortho intramolecular Hbond substituents is 1. The lowest BCUT2D eigenvalue weighted by Gasteiger charge is -2.27. The van der Waals surface area contributed by atoms with Gasteiger partial charge in [0.05, 0.1) is 5.69 Å². The molecule has 0 saturated heterocycles. The monoisotopic (exact) mass is 385 g/mol. The summed E-state index contributed by atoms with van der Waals surface area (Å²) >= 11 is 0. The van der Waals surface area contributed by atoms with Crippen LogP contribution in [0.2, 0.25) is 0 Å². The molecule has 0 bridgehead atoms. The standard InChI is InChI=1S/C20H15N7O2/c28-14-8-4-7-13(11-14)18-16-15(10-9-12-5-2-1-3-6-12)22-23-19(29)17(16)21-20-24-25-26-27(18)20/h1-11,18,28H,(H,23,29)(H,21,24,26)/b10-9+/t18-/m1/s1. The van der Waals surface area contributed by atoms with Gasteiger partial charge in [-0.3, -0.25) is 4.79 Å². The lowest BCUT2D eigenvalue weighted by Crippen LogP contribution is -2.29. The van der Waals surface area contributed by atoms with Crippen LogP contribution in [0.1, 0.15) is 28.4 Å². The molecular weight excluding hydrogens is 370 g/mol. The van der Waals surface area contributed by atoms with Crippen LogP contribution in [0.4, 0.5) is 11.6 Å². The second-order valence-corrected chi connectivity index (χ2v) is 6.54. The molecule has 2 aromatic heterocycles. The van der Waals surface area contributed by atoms with Crippen molar-refractivity contribution in [2.45, 2.75) is 6.04 Å². The van der Waals surface area contributed by atoms with E-state index in [2.05, 4.69) is 31.0 Å². The first-order valence-corrected chi connectivity index (χ1v) is 8.90. The van der Waals surface area contributed by atoms with Crippen molar-refractivity contribution >= 4 is 23.8 Å². The highest BCUT2D eigenvalue weighted by Crippen LogP contribution is 2.39. The molecule has 0 fully saturated rings. The Balaban J connectivity index is 1.72. The molecule has 4 aromatic rings. The highest BCUT2D eigenvalue weighted by molar-refractivity contribution is 5.75. The van der Waals surface area contributed by atoms with Gasteiger partial charge in [0.25, 0.3) is 5.56 Å². The molecule has 0 radical (unpaired) electrons. The summed E-state index contributed by atoms with van der Waals surface area (Å²) < 4.78 is 1.57. The molecule has 0 unspecified atom stereocenters. The van der Waals surface area contributed by atoms with Crippen LogP contribution in [0, 0.1) is 0 Å². The maximum absolute atomic E-state index is 12.5. The third-order valence-corrected chi connectivity index (χ3v) is 4.72. The van der Waals surface area contributed by atoms with Gasteiger partial charge in [-0.05, 0) is 39.8 Å². The Kier molecular flexibility index (Phi) is 3.91. The van der Waals surface area contributed by atoms with E-state index >= 15 is 0 Å². The summed E-state index contributed by atoms with van der Waals surface area (Å²) in [5, 5.41) is 31.5. The highest BCUT2D eigenvalue weighted by atomic mass is 16.3. The summed E-state index contributed by atoms with van der Waals surface area (Å²) in [5.74, 6) is 0.442. The number of anilines is 2. The van der Waals surface area contributed by atoms with Gasteiger partial charge in [-0.25, -0.2) is 5.10 Å². The first kappa shape index (κ1) is 16.9. The SMILES string of the molecule is O=c1[nH]nc(/C=C/c2ccccc2)c2c1Nc1nnnn1[C@@H]2c1cccc(O)c1. The summed E-state index contributed by atoms with van der Waals surface area (Å²) in [6.07, 6.45) is 3.74. The molecule has 0 amide bonds. The summed E-state index contributed by atoms with van der Waals surface area (Å²) in [6, 6.07) is 16.0. The minimum Gasteiger partial charge on any atom is -0.508 e. The van der Waals surface area contributed by atoms with E-state index in [-0.39, 0.29) is 11.3 Å². The van der Waals surface area contributed by atoms with E-state index in [1.807, 2.05) is 48.6 Å². The number of H-pyrrole nitrogens is 1. The predicted octanol–water partition coefficient (Wildman–Crippen LogP) is 2.33. The Hall–Kier alpha value is -4.27. The molecule has 0 aliphatic carbocycles. The first-order valence-electron chi connectivity index (χ1n) is 8.90. The largest absolute Gasteiger partial charge is 0.508 e. The average Bonchev–Trinajstić information content (AvgIpc) is 3.21. The Bertz CT molecular complexity index is 1280. The van der Waals surface area contributed by atoms with Gasteiger partial charge in [0.1, 0.15) is 17.5 Å². The number of phenols is 1. The van der Waals surface area contributed by atoms with Gasteiger partial charge in [0, 0.05) is 5.56 Å². The van der Waals surface area contributed by atoms with Crippen molar-refractivity contribution in [2.24, 2.45) is 0 Å². The molecule has 142 valence electrons. The van der Waals surface area contributed by atoms with Crippen LogP contribution in [0.25, 0.3) is 12.2 Å². The maximum atomic E-state index is 12.5. The molecular formula is C20H15N7O2. The average molecular weight is 385 g/mol. The summed E-state index contributed by atoms with van der Waals surface area (Å²) in [5.41, 5.74) is 2.84. The van der Waals surface area contributed by atoms with Gasteiger partial charge in [0.15, 0.2) is 0 Å². The highest BCUT2D eigenvalue weighted by Gasteiger charge is 2.33. The molecule has 1 atom stereocenters. The van der Waals surface area contributed by atoms with Crippen LogP contribution >= 0.6 is 0 Å². The normalized spacial score (nSPS) is 15.0. The van der Waals surface area contributed by atoms with Crippen molar-refractivity contribution in [3.63, 3.8) is 0 Å². The van der Waals surface area contributed by atoms with Gasteiger partial charge in [-0.2, -0.15) is 9.78 Å². The fraction of sp³-hybridized carbons (Fsp3) is 0.0500. The van der Waals surface area contributed by atoms with Crippen molar-refractivity contribution in [3.8, 4) is 5.75 Å². The van der Waals surface area contributed by atoms with Crippen LogP contribution < -0.4 is 10.9 Å². The van der Waals surface area contributed by atoms with Crippen LogP contribution in [0.15, 0.2) is 59.4 Å². The first-order chi connectivity index (χ1) is 14.2. The molecule has 1 aliphatic heterocycles. The van der Waals surface area contributed by atoms with Gasteiger partial charge < -0.3 is 10.4 Å². The quantitative estimate of drug-likeness (QED) is 0.436. The molecule has 0 spiro atoms. The lowest BCUT2D eigenvalue weighted by atomic mass is 9.94. The van der Waals surface area contributed by atoms with Crippen molar-refractivity contribution in [2.75, 3.05) is 5.32 Å². The van der Waals surface area contributed by atoms with E-state index < -0.39 is 6.04 Å². The molecule has 9 heteroatoms. The van der Waals surface area contributed by atoms with Crippen molar-refractivity contribution < 1.29 is 5.11 Å². The zero-order valence-electron chi connectivity index (χ0n) is 15.0. The predicted molar refractivity (Wildman–Crippen MR) is 107 cm³/mol. The number of aromatic nitrogens is 6. The molecule has 3 heterocycles. The Labute approximate surface area is 164 Å². The molecule has 29 heavy (non-hydrogen) atoms. The molecule has 9 nitrogen and oxygen atoms in total. The smallest absolute Gasteiger partial charge is 0.288 e. The summed E-state index contributed by atoms with van der Waals surface area (Å²) in [6.45, 7) is 0. The van der Waals surface area contributed by atoms with E-state index in [4.69, 9.17) is 0 Å². The Morgan fingerprint density at radius 2 is 1.93 bits per heavy atom. The fourth-order valence-corrected chi connectivity index (χ4v) is 3.43. The molecule has 0 saturated carbocycles. The molecule has 5 rings (SSSR count). The minimum atomic E-state index is -0.534.